The van der Waals surface area contributed by atoms with Gasteiger partial charge in [0.05, 0.1) is 0 Å². The molecule has 0 aliphatic heterocycles. The summed E-state index contributed by atoms with van der Waals surface area (Å²) in [6, 6.07) is 9.87. The van der Waals surface area contributed by atoms with Crippen molar-refractivity contribution in [3.05, 3.63) is 65.1 Å². The van der Waals surface area contributed by atoms with Crippen molar-refractivity contribution in [3.63, 3.8) is 0 Å². The van der Waals surface area contributed by atoms with Gasteiger partial charge >= 0.3 is 195 Å². The minimum absolute atomic E-state index is 0.401. The van der Waals surface area contributed by atoms with Crippen molar-refractivity contribution in [2.75, 3.05) is 7.05 Å². The Labute approximate surface area is 194 Å². The number of nitrogens with zero attached hydrogens (tertiary/aromatic N) is 6. The molecular formula is C22H21N7SSn. The van der Waals surface area contributed by atoms with Crippen molar-refractivity contribution in [1.29, 1.82) is 0 Å². The molecule has 0 bridgehead atoms. The summed E-state index contributed by atoms with van der Waals surface area (Å²) < 4.78 is 2.22. The van der Waals surface area contributed by atoms with Gasteiger partial charge in [0.1, 0.15) is 0 Å². The molecule has 0 amide bonds. The van der Waals surface area contributed by atoms with Crippen LogP contribution in [0.1, 0.15) is 35.9 Å². The van der Waals surface area contributed by atoms with Gasteiger partial charge in [-0.3, -0.25) is 0 Å². The minimum atomic E-state index is -1.12. The molecule has 4 rings (SSSR count). The Morgan fingerprint density at radius 3 is 2.61 bits per heavy atom. The van der Waals surface area contributed by atoms with Crippen LogP contribution in [0.15, 0.2) is 53.9 Å². The second-order valence-electron chi connectivity index (χ2n) is 7.13. The third kappa shape index (κ3) is 4.96. The number of fused-ring (bicyclic) bond motifs is 1. The summed E-state index contributed by atoms with van der Waals surface area (Å²) in [4.78, 5) is 17.8. The van der Waals surface area contributed by atoms with Crippen molar-refractivity contribution < 1.29 is 0 Å². The van der Waals surface area contributed by atoms with Crippen LogP contribution in [0.4, 0.5) is 0 Å². The Morgan fingerprint density at radius 2 is 1.90 bits per heavy atom. The molecule has 0 aliphatic carbocycles. The molecule has 0 aromatic carbocycles. The Hall–Kier alpha value is -2.72. The maximum atomic E-state index is 6.47. The molecule has 0 unspecified atom stereocenters. The second-order valence-corrected chi connectivity index (χ2v) is 12.7. The Bertz CT molecular complexity index is 1270. The normalized spacial score (nSPS) is 12.6. The van der Waals surface area contributed by atoms with Gasteiger partial charge in [0, 0.05) is 0 Å². The van der Waals surface area contributed by atoms with Gasteiger partial charge in [-0.05, 0) is 0 Å². The van der Waals surface area contributed by atoms with Gasteiger partial charge < -0.3 is 0 Å². The van der Waals surface area contributed by atoms with E-state index < -0.39 is 21.1 Å². The van der Waals surface area contributed by atoms with E-state index in [4.69, 9.17) is 10.7 Å². The molecule has 4 aromatic heterocycles. The average Bonchev–Trinajstić information content (AvgIpc) is 3.26. The number of hydrogen-bond donors (Lipinski definition) is 1. The van der Waals surface area contributed by atoms with E-state index in [0.717, 1.165) is 39.5 Å². The molecule has 7 nitrogen and oxygen atoms in total. The van der Waals surface area contributed by atoms with Crippen LogP contribution < -0.4 is 12.5 Å². The zero-order chi connectivity index (χ0) is 21.8. The molecule has 9 heteroatoms. The van der Waals surface area contributed by atoms with Gasteiger partial charge in [0.2, 0.25) is 0 Å². The van der Waals surface area contributed by atoms with E-state index in [0.29, 0.717) is 11.6 Å². The molecule has 0 spiro atoms. The number of hydrogen-bond acceptors (Lipinski definition) is 8. The fourth-order valence-electron chi connectivity index (χ4n) is 2.97. The quantitative estimate of drug-likeness (QED) is 0.301. The molecule has 4 aromatic rings. The van der Waals surface area contributed by atoms with Gasteiger partial charge in [-0.25, -0.2) is 0 Å². The number of pyridine rings is 3. The molecule has 0 aliphatic rings. The van der Waals surface area contributed by atoms with Gasteiger partial charge in [-0.2, -0.15) is 0 Å². The molecule has 0 saturated heterocycles. The molecule has 2 radical (unpaired) electrons. The molecule has 4 heterocycles. The van der Waals surface area contributed by atoms with Crippen molar-refractivity contribution in [3.8, 4) is 0 Å². The number of allylic oxidation sites excluding steroid dienone is 1. The van der Waals surface area contributed by atoms with Crippen LogP contribution in [0.3, 0.4) is 0 Å². The summed E-state index contributed by atoms with van der Waals surface area (Å²) in [5.74, 6) is 0.401. The number of aliphatic imine (C=N–C) groups is 1. The summed E-state index contributed by atoms with van der Waals surface area (Å²) in [7, 11) is 1.73. The molecule has 0 fully saturated rings. The molecular weight excluding hydrogens is 513 g/mol. The van der Waals surface area contributed by atoms with Gasteiger partial charge in [0.25, 0.3) is 0 Å². The fourth-order valence-corrected chi connectivity index (χ4v) is 7.54. The van der Waals surface area contributed by atoms with Crippen molar-refractivity contribution in [2.45, 2.75) is 19.8 Å². The monoisotopic (exact) mass is 535 g/mol. The number of aromatic nitrogens is 5. The third-order valence-corrected chi connectivity index (χ3v) is 9.57. The first kappa shape index (κ1) is 21.5. The van der Waals surface area contributed by atoms with E-state index in [9.17, 15) is 0 Å². The van der Waals surface area contributed by atoms with Crippen LogP contribution >= 0.6 is 11.3 Å². The van der Waals surface area contributed by atoms with Crippen molar-refractivity contribution >= 4 is 67.7 Å². The number of rotatable bonds is 6. The van der Waals surface area contributed by atoms with E-state index in [2.05, 4.69) is 45.1 Å². The first-order valence-corrected chi connectivity index (χ1v) is 13.4. The van der Waals surface area contributed by atoms with Crippen LogP contribution in [0.5, 0.6) is 0 Å². The van der Waals surface area contributed by atoms with Crippen molar-refractivity contribution in [2.24, 2.45) is 10.7 Å². The van der Waals surface area contributed by atoms with E-state index in [1.807, 2.05) is 30.5 Å². The summed E-state index contributed by atoms with van der Waals surface area (Å²) in [6.45, 7) is 4.28. The van der Waals surface area contributed by atoms with E-state index in [-0.39, 0.29) is 0 Å². The van der Waals surface area contributed by atoms with Crippen molar-refractivity contribution in [1.82, 2.24) is 25.1 Å². The molecule has 2 N–H and O–H groups in total. The maximum absolute atomic E-state index is 6.47. The summed E-state index contributed by atoms with van der Waals surface area (Å²) in [6.07, 6.45) is 7.01. The fraction of sp³-hybridized carbons (Fsp3) is 0.182. The summed E-state index contributed by atoms with van der Waals surface area (Å²) in [5, 5.41) is 9.78. The van der Waals surface area contributed by atoms with Crippen LogP contribution in [0, 0.1) is 0 Å². The Kier molecular flexibility index (Phi) is 6.67. The summed E-state index contributed by atoms with van der Waals surface area (Å²) in [5.41, 5.74) is 11.3. The second kappa shape index (κ2) is 9.61. The first-order valence-electron chi connectivity index (χ1n) is 9.75. The van der Waals surface area contributed by atoms with E-state index >= 15 is 0 Å². The molecule has 0 saturated carbocycles. The Balaban J connectivity index is 1.71. The standard InChI is InChI=1S/C17H14N5.C5H7N2S.Sn/c1-19-11-14(17(18)12-4-7-20-8-5-12)13-9-16-15(22-10-13)3-2-6-21-16;1-4(2)5-7-6-3-8-5;/h2-5,7-11H,18H2,1H3;4H,1-2H3;. The van der Waals surface area contributed by atoms with Gasteiger partial charge in [-0.15, -0.1) is 0 Å². The summed E-state index contributed by atoms with van der Waals surface area (Å²) >= 11 is 0.590. The molecule has 31 heavy (non-hydrogen) atoms. The molecule has 154 valence electrons. The Morgan fingerprint density at radius 1 is 1.10 bits per heavy atom. The van der Waals surface area contributed by atoms with Gasteiger partial charge in [0.15, 0.2) is 0 Å². The van der Waals surface area contributed by atoms with Crippen LogP contribution in [0.2, 0.25) is 0 Å². The number of nitrogens with two attached hydrogens (primary N) is 1. The van der Waals surface area contributed by atoms with E-state index in [1.54, 1.807) is 37.0 Å². The van der Waals surface area contributed by atoms with Crippen LogP contribution in [-0.4, -0.2) is 59.6 Å². The third-order valence-electron chi connectivity index (χ3n) is 4.56. The first-order chi connectivity index (χ1) is 15.0. The topological polar surface area (TPSA) is 103 Å². The van der Waals surface area contributed by atoms with Crippen LogP contribution in [-0.2, 0) is 0 Å². The molecule has 0 atom stereocenters. The van der Waals surface area contributed by atoms with Crippen LogP contribution in [0.25, 0.3) is 22.3 Å². The predicted molar refractivity (Wildman–Crippen MR) is 128 cm³/mol. The van der Waals surface area contributed by atoms with Gasteiger partial charge in [-0.1, -0.05) is 0 Å². The zero-order valence-electron chi connectivity index (χ0n) is 17.4. The SMILES string of the molecule is CN=CC(=C(N)c1ccncc1)c1cnc2cc[c]([Sn][c]3nnc(C(C)C)s3)nc2c1. The zero-order valence-corrected chi connectivity index (χ0v) is 21.1. The van der Waals surface area contributed by atoms with E-state index in [1.165, 1.54) is 0 Å². The average molecular weight is 534 g/mol. The predicted octanol–water partition coefficient (Wildman–Crippen LogP) is 2.18.